The minimum Gasteiger partial charge on any atom is -0.348 e. The molecule has 2 N–H and O–H groups in total. The van der Waals surface area contributed by atoms with Crippen molar-refractivity contribution in [2.24, 2.45) is 0 Å². The number of anilines is 1. The Morgan fingerprint density at radius 2 is 1.76 bits per heavy atom. The van der Waals surface area contributed by atoms with Crippen molar-refractivity contribution in [1.29, 1.82) is 0 Å². The summed E-state index contributed by atoms with van der Waals surface area (Å²) in [7, 11) is 2.15. The lowest BCUT2D eigenvalue weighted by Gasteiger charge is -2.32. The van der Waals surface area contributed by atoms with Gasteiger partial charge in [0.25, 0.3) is 11.8 Å². The molecule has 2 heterocycles. The molecular formula is C25H27ClN4O2S. The van der Waals surface area contributed by atoms with Gasteiger partial charge in [-0.25, -0.2) is 0 Å². The fraction of sp³-hybridized carbons (Fsp3) is 0.280. The number of likely N-dealkylation sites (N-methyl/N-ethyl adjacent to an activating group) is 1. The van der Waals surface area contributed by atoms with E-state index in [0.29, 0.717) is 27.7 Å². The van der Waals surface area contributed by atoms with Gasteiger partial charge in [-0.1, -0.05) is 41.9 Å². The molecule has 33 heavy (non-hydrogen) atoms. The third-order valence-corrected chi connectivity index (χ3v) is 6.87. The van der Waals surface area contributed by atoms with Gasteiger partial charge in [-0.2, -0.15) is 0 Å². The molecule has 1 aliphatic rings. The summed E-state index contributed by atoms with van der Waals surface area (Å²) in [6.45, 7) is 5.66. The first kappa shape index (κ1) is 23.4. The molecule has 6 nitrogen and oxygen atoms in total. The first-order valence-corrected chi connectivity index (χ1v) is 12.1. The zero-order valence-corrected chi connectivity index (χ0v) is 20.1. The third-order valence-electron chi connectivity index (χ3n) is 5.67. The second-order valence-corrected chi connectivity index (χ2v) is 9.56. The number of rotatable bonds is 7. The molecule has 2 aromatic carbocycles. The highest BCUT2D eigenvalue weighted by atomic mass is 35.5. The summed E-state index contributed by atoms with van der Waals surface area (Å²) in [5.74, 6) is -0.468. The molecule has 8 heteroatoms. The molecule has 1 aliphatic heterocycles. The Kier molecular flexibility index (Phi) is 7.77. The van der Waals surface area contributed by atoms with E-state index in [9.17, 15) is 9.59 Å². The van der Waals surface area contributed by atoms with Gasteiger partial charge >= 0.3 is 0 Å². The number of halogens is 1. The SMILES string of the molecule is CN1CCN(Cc2cccc(CNC(=O)c3ccc(Cl)c(NC(=O)c4cccs4)c3)c2)CC1. The van der Waals surface area contributed by atoms with Crippen LogP contribution in [-0.4, -0.2) is 54.8 Å². The van der Waals surface area contributed by atoms with Gasteiger partial charge in [-0.05, 0) is 47.8 Å². The highest BCUT2D eigenvalue weighted by Gasteiger charge is 2.15. The number of nitrogens with zero attached hydrogens (tertiary/aromatic N) is 2. The topological polar surface area (TPSA) is 64.7 Å². The Morgan fingerprint density at radius 1 is 0.970 bits per heavy atom. The van der Waals surface area contributed by atoms with Gasteiger partial charge in [0.15, 0.2) is 0 Å². The molecule has 2 amide bonds. The summed E-state index contributed by atoms with van der Waals surface area (Å²) in [6, 6.07) is 16.8. The van der Waals surface area contributed by atoms with Gasteiger partial charge in [0.05, 0.1) is 15.6 Å². The third kappa shape index (κ3) is 6.42. The Morgan fingerprint density at radius 3 is 2.52 bits per heavy atom. The lowest BCUT2D eigenvalue weighted by atomic mass is 10.1. The monoisotopic (exact) mass is 482 g/mol. The average molecular weight is 483 g/mol. The van der Waals surface area contributed by atoms with Crippen LogP contribution in [0.4, 0.5) is 5.69 Å². The Bertz CT molecular complexity index is 1110. The Labute approximate surface area is 203 Å². The summed E-state index contributed by atoms with van der Waals surface area (Å²) >= 11 is 7.58. The number of carbonyl (C=O) groups is 2. The smallest absolute Gasteiger partial charge is 0.265 e. The van der Waals surface area contributed by atoms with E-state index in [2.05, 4.69) is 39.6 Å². The molecule has 0 spiro atoms. The number of benzene rings is 2. The largest absolute Gasteiger partial charge is 0.348 e. The number of thiophene rings is 1. The van der Waals surface area contributed by atoms with E-state index in [0.717, 1.165) is 38.3 Å². The molecule has 0 unspecified atom stereocenters. The van der Waals surface area contributed by atoms with Crippen molar-refractivity contribution >= 4 is 40.4 Å². The Hall–Kier alpha value is -2.71. The molecule has 1 fully saturated rings. The van der Waals surface area contributed by atoms with Gasteiger partial charge in [0.2, 0.25) is 0 Å². The lowest BCUT2D eigenvalue weighted by Crippen LogP contribution is -2.43. The normalized spacial score (nSPS) is 14.7. The molecule has 0 atom stereocenters. The van der Waals surface area contributed by atoms with E-state index < -0.39 is 0 Å². The fourth-order valence-corrected chi connectivity index (χ4v) is 4.52. The van der Waals surface area contributed by atoms with E-state index in [1.807, 2.05) is 23.6 Å². The maximum Gasteiger partial charge on any atom is 0.265 e. The molecule has 0 radical (unpaired) electrons. The van der Waals surface area contributed by atoms with Crippen LogP contribution in [0, 0.1) is 0 Å². The molecular weight excluding hydrogens is 456 g/mol. The van der Waals surface area contributed by atoms with Crippen LogP contribution < -0.4 is 10.6 Å². The minimum atomic E-state index is -0.248. The predicted octanol–water partition coefficient (Wildman–Crippen LogP) is 4.33. The van der Waals surface area contributed by atoms with Crippen molar-refractivity contribution in [2.75, 3.05) is 38.5 Å². The van der Waals surface area contributed by atoms with Gasteiger partial charge in [0, 0.05) is 44.8 Å². The maximum atomic E-state index is 12.8. The van der Waals surface area contributed by atoms with Crippen LogP contribution in [0.3, 0.4) is 0 Å². The quantitative estimate of drug-likeness (QED) is 0.526. The van der Waals surface area contributed by atoms with Crippen LogP contribution in [0.2, 0.25) is 5.02 Å². The fourth-order valence-electron chi connectivity index (χ4n) is 3.74. The number of piperazine rings is 1. The Balaban J connectivity index is 1.35. The molecule has 1 saturated heterocycles. The van der Waals surface area contributed by atoms with Gasteiger partial charge in [0.1, 0.15) is 0 Å². The van der Waals surface area contributed by atoms with Crippen LogP contribution >= 0.6 is 22.9 Å². The minimum absolute atomic E-state index is 0.220. The second-order valence-electron chi connectivity index (χ2n) is 8.21. The van der Waals surface area contributed by atoms with E-state index >= 15 is 0 Å². The maximum absolute atomic E-state index is 12.8. The molecule has 0 aliphatic carbocycles. The van der Waals surface area contributed by atoms with E-state index in [-0.39, 0.29) is 11.8 Å². The zero-order chi connectivity index (χ0) is 23.2. The highest BCUT2D eigenvalue weighted by molar-refractivity contribution is 7.12. The van der Waals surface area contributed by atoms with Crippen LogP contribution in [0.15, 0.2) is 60.0 Å². The van der Waals surface area contributed by atoms with Gasteiger partial charge < -0.3 is 15.5 Å². The summed E-state index contributed by atoms with van der Waals surface area (Å²) in [5, 5.41) is 7.97. The zero-order valence-electron chi connectivity index (χ0n) is 18.5. The van der Waals surface area contributed by atoms with E-state index in [1.165, 1.54) is 16.9 Å². The van der Waals surface area contributed by atoms with Gasteiger partial charge in [-0.3, -0.25) is 14.5 Å². The molecule has 3 aromatic rings. The lowest BCUT2D eigenvalue weighted by molar-refractivity contribution is 0.0949. The summed E-state index contributed by atoms with van der Waals surface area (Å²) in [6.07, 6.45) is 0. The van der Waals surface area contributed by atoms with E-state index in [4.69, 9.17) is 11.6 Å². The summed E-state index contributed by atoms with van der Waals surface area (Å²) < 4.78 is 0. The van der Waals surface area contributed by atoms with Crippen LogP contribution in [0.1, 0.15) is 31.2 Å². The number of carbonyl (C=O) groups excluding carboxylic acids is 2. The first-order valence-electron chi connectivity index (χ1n) is 10.9. The van der Waals surface area contributed by atoms with Crippen molar-refractivity contribution in [2.45, 2.75) is 13.1 Å². The second kappa shape index (κ2) is 10.9. The van der Waals surface area contributed by atoms with Crippen LogP contribution in [0.5, 0.6) is 0 Å². The predicted molar refractivity (Wildman–Crippen MR) is 134 cm³/mol. The van der Waals surface area contributed by atoms with Crippen molar-refractivity contribution in [1.82, 2.24) is 15.1 Å². The molecule has 0 saturated carbocycles. The summed E-state index contributed by atoms with van der Waals surface area (Å²) in [4.78, 5) is 30.5. The standard InChI is InChI=1S/C25H27ClN4O2S/c1-29-9-11-30(12-10-29)17-19-5-2-4-18(14-19)16-27-24(31)20-7-8-21(26)22(15-20)28-25(32)23-6-3-13-33-23/h2-8,13-15H,9-12,16-17H2,1H3,(H,27,31)(H,28,32). The van der Waals surface area contributed by atoms with E-state index in [1.54, 1.807) is 24.3 Å². The van der Waals surface area contributed by atoms with Crippen LogP contribution in [0.25, 0.3) is 0 Å². The van der Waals surface area contributed by atoms with Gasteiger partial charge in [-0.15, -0.1) is 11.3 Å². The molecule has 4 rings (SSSR count). The molecule has 1 aromatic heterocycles. The van der Waals surface area contributed by atoms with Crippen molar-refractivity contribution in [3.8, 4) is 0 Å². The number of hydrogen-bond donors (Lipinski definition) is 2. The number of nitrogens with one attached hydrogen (secondary N) is 2. The van der Waals surface area contributed by atoms with Crippen molar-refractivity contribution in [3.63, 3.8) is 0 Å². The summed E-state index contributed by atoms with van der Waals surface area (Å²) in [5.41, 5.74) is 3.15. The molecule has 0 bridgehead atoms. The van der Waals surface area contributed by atoms with Crippen molar-refractivity contribution < 1.29 is 9.59 Å². The van der Waals surface area contributed by atoms with Crippen LogP contribution in [-0.2, 0) is 13.1 Å². The molecule has 172 valence electrons. The average Bonchev–Trinajstić information content (AvgIpc) is 3.36. The number of hydrogen-bond acceptors (Lipinski definition) is 5. The highest BCUT2D eigenvalue weighted by Crippen LogP contribution is 2.24. The first-order chi connectivity index (χ1) is 16.0. The number of amides is 2. The van der Waals surface area contributed by atoms with Crippen molar-refractivity contribution in [3.05, 3.63) is 86.6 Å².